The van der Waals surface area contributed by atoms with Gasteiger partial charge in [-0.15, -0.1) is 0 Å². The fraction of sp³-hybridized carbons (Fsp3) is 0.632. The topological polar surface area (TPSA) is 72.9 Å². The van der Waals surface area contributed by atoms with Gasteiger partial charge in [0.15, 0.2) is 9.84 Å². The van der Waals surface area contributed by atoms with Gasteiger partial charge in [-0.1, -0.05) is 30.3 Å². The number of hydrogen-bond donors (Lipinski definition) is 0. The Bertz CT molecular complexity index is 677. The van der Waals surface area contributed by atoms with Crippen molar-refractivity contribution < 1.29 is 22.7 Å². The molecule has 0 bridgehead atoms. The highest BCUT2D eigenvalue weighted by atomic mass is 32.2. The average molecular weight is 381 g/mol. The molecule has 1 aromatic rings. The number of piperidine rings is 1. The number of hydrogen-bond acceptors (Lipinski definition) is 5. The van der Waals surface area contributed by atoms with E-state index in [0.717, 1.165) is 31.4 Å². The van der Waals surface area contributed by atoms with E-state index in [9.17, 15) is 13.2 Å². The Hall–Kier alpha value is -1.60. The van der Waals surface area contributed by atoms with E-state index in [1.807, 2.05) is 30.3 Å². The zero-order chi connectivity index (χ0) is 18.4. The number of sulfone groups is 1. The van der Waals surface area contributed by atoms with Crippen molar-refractivity contribution in [2.24, 2.45) is 0 Å². The minimum Gasteiger partial charge on any atom is -0.447 e. The molecule has 26 heavy (non-hydrogen) atoms. The molecule has 7 heteroatoms. The fourth-order valence-electron chi connectivity index (χ4n) is 3.52. The molecule has 2 saturated heterocycles. The summed E-state index contributed by atoms with van der Waals surface area (Å²) in [5, 5.41) is -0.395. The minimum atomic E-state index is -3.21. The molecule has 1 aromatic carbocycles. The maximum atomic E-state index is 12.6. The lowest BCUT2D eigenvalue weighted by Gasteiger charge is -2.31. The molecule has 2 aliphatic rings. The summed E-state index contributed by atoms with van der Waals surface area (Å²) in [5.41, 5.74) is 0.807. The first-order valence-electron chi connectivity index (χ1n) is 9.33. The molecule has 1 atom stereocenters. The third kappa shape index (κ3) is 5.20. The van der Waals surface area contributed by atoms with Gasteiger partial charge in [0.1, 0.15) is 6.61 Å². The lowest BCUT2D eigenvalue weighted by molar-refractivity contribution is -0.0286. The third-order valence-electron chi connectivity index (χ3n) is 5.09. The fourth-order valence-corrected chi connectivity index (χ4v) is 5.34. The summed E-state index contributed by atoms with van der Waals surface area (Å²) >= 11 is 0. The Kier molecular flexibility index (Phi) is 6.53. The first-order valence-corrected chi connectivity index (χ1v) is 11.0. The van der Waals surface area contributed by atoms with Gasteiger partial charge in [-0.2, -0.15) is 0 Å². The van der Waals surface area contributed by atoms with Crippen LogP contribution < -0.4 is 0 Å². The van der Waals surface area contributed by atoms with Gasteiger partial charge < -0.3 is 14.4 Å². The maximum absolute atomic E-state index is 12.6. The largest absolute Gasteiger partial charge is 0.447 e. The first kappa shape index (κ1) is 19.2. The average Bonchev–Trinajstić information content (AvgIpc) is 2.67. The van der Waals surface area contributed by atoms with Crippen LogP contribution in [0.25, 0.3) is 0 Å². The number of rotatable bonds is 5. The SMILES string of the molecule is O=C(OC[C@H]1CCCCO1)N1CCC(S(=O)(=O)Cc2ccccc2)CC1. The van der Waals surface area contributed by atoms with Crippen LogP contribution in [0, 0.1) is 0 Å². The molecule has 0 saturated carbocycles. The van der Waals surface area contributed by atoms with E-state index >= 15 is 0 Å². The van der Waals surface area contributed by atoms with Gasteiger partial charge in [0.2, 0.25) is 0 Å². The summed E-state index contributed by atoms with van der Waals surface area (Å²) in [6.07, 6.45) is 3.65. The number of carbonyl (C=O) groups excluding carboxylic acids is 1. The molecule has 2 aliphatic heterocycles. The minimum absolute atomic E-state index is 0.00325. The van der Waals surface area contributed by atoms with Crippen molar-refractivity contribution in [3.63, 3.8) is 0 Å². The van der Waals surface area contributed by atoms with Crippen LogP contribution in [0.4, 0.5) is 4.79 Å². The van der Waals surface area contributed by atoms with Crippen LogP contribution in [0.1, 0.15) is 37.7 Å². The van der Waals surface area contributed by atoms with Crippen molar-refractivity contribution in [3.05, 3.63) is 35.9 Å². The van der Waals surface area contributed by atoms with E-state index in [0.29, 0.717) is 25.9 Å². The number of likely N-dealkylation sites (tertiary alicyclic amines) is 1. The molecule has 0 radical (unpaired) electrons. The Morgan fingerprint density at radius 2 is 1.85 bits per heavy atom. The second-order valence-corrected chi connectivity index (χ2v) is 9.33. The van der Waals surface area contributed by atoms with Crippen LogP contribution in [0.15, 0.2) is 30.3 Å². The van der Waals surface area contributed by atoms with Crippen LogP contribution in [-0.4, -0.2) is 57.1 Å². The maximum Gasteiger partial charge on any atom is 0.409 e. The standard InChI is InChI=1S/C19H27NO5S/c21-19(25-14-17-8-4-5-13-24-17)20-11-9-18(10-12-20)26(22,23)15-16-6-2-1-3-7-16/h1-3,6-7,17-18H,4-5,8-15H2/t17-/m1/s1. The van der Waals surface area contributed by atoms with Crippen molar-refractivity contribution in [2.45, 2.75) is 49.2 Å². The molecule has 0 aliphatic carbocycles. The van der Waals surface area contributed by atoms with E-state index in [2.05, 4.69) is 0 Å². The van der Waals surface area contributed by atoms with Crippen LogP contribution in [0.5, 0.6) is 0 Å². The zero-order valence-corrected chi connectivity index (χ0v) is 15.8. The zero-order valence-electron chi connectivity index (χ0n) is 15.0. The Balaban J connectivity index is 1.45. The normalized spacial score (nSPS) is 22.2. The lowest BCUT2D eigenvalue weighted by atomic mass is 10.1. The summed E-state index contributed by atoms with van der Waals surface area (Å²) in [7, 11) is -3.21. The summed E-state index contributed by atoms with van der Waals surface area (Å²) in [4.78, 5) is 13.8. The highest BCUT2D eigenvalue weighted by Crippen LogP contribution is 2.22. The molecule has 1 amide bonds. The quantitative estimate of drug-likeness (QED) is 0.784. The van der Waals surface area contributed by atoms with Crippen molar-refractivity contribution in [1.29, 1.82) is 0 Å². The smallest absolute Gasteiger partial charge is 0.409 e. The van der Waals surface area contributed by atoms with Gasteiger partial charge in [-0.3, -0.25) is 0 Å². The van der Waals surface area contributed by atoms with Crippen LogP contribution in [-0.2, 0) is 25.1 Å². The molecular formula is C19H27NO5S. The molecule has 2 heterocycles. The van der Waals surface area contributed by atoms with Gasteiger partial charge in [-0.25, -0.2) is 13.2 Å². The molecule has 6 nitrogen and oxygen atoms in total. The van der Waals surface area contributed by atoms with Crippen molar-refractivity contribution in [1.82, 2.24) is 4.90 Å². The number of ether oxygens (including phenoxy) is 2. The van der Waals surface area contributed by atoms with E-state index in [4.69, 9.17) is 9.47 Å². The highest BCUT2D eigenvalue weighted by molar-refractivity contribution is 7.91. The van der Waals surface area contributed by atoms with Crippen LogP contribution >= 0.6 is 0 Å². The second-order valence-electron chi connectivity index (χ2n) is 7.04. The Labute approximate surface area is 155 Å². The highest BCUT2D eigenvalue weighted by Gasteiger charge is 2.32. The van der Waals surface area contributed by atoms with E-state index < -0.39 is 15.1 Å². The van der Waals surface area contributed by atoms with Crippen molar-refractivity contribution in [3.8, 4) is 0 Å². The van der Waals surface area contributed by atoms with Gasteiger partial charge in [0.05, 0.1) is 17.1 Å². The van der Waals surface area contributed by atoms with Gasteiger partial charge >= 0.3 is 6.09 Å². The first-order chi connectivity index (χ1) is 12.5. The van der Waals surface area contributed by atoms with Crippen molar-refractivity contribution in [2.75, 3.05) is 26.3 Å². The second kappa shape index (κ2) is 8.86. The predicted molar refractivity (Wildman–Crippen MR) is 98.6 cm³/mol. The van der Waals surface area contributed by atoms with Gasteiger partial charge in [0, 0.05) is 19.7 Å². The van der Waals surface area contributed by atoms with Gasteiger partial charge in [-0.05, 0) is 37.7 Å². The molecule has 0 aromatic heterocycles. The summed E-state index contributed by atoms with van der Waals surface area (Å²) < 4.78 is 36.1. The van der Waals surface area contributed by atoms with E-state index in [1.54, 1.807) is 4.90 Å². The molecule has 2 fully saturated rings. The van der Waals surface area contributed by atoms with Crippen LogP contribution in [0.3, 0.4) is 0 Å². The monoisotopic (exact) mass is 381 g/mol. The number of nitrogens with zero attached hydrogens (tertiary/aromatic N) is 1. The molecule has 0 unspecified atom stereocenters. The molecule has 0 N–H and O–H groups in total. The molecular weight excluding hydrogens is 354 g/mol. The third-order valence-corrected chi connectivity index (χ3v) is 7.31. The Morgan fingerprint density at radius 1 is 1.12 bits per heavy atom. The molecule has 3 rings (SSSR count). The Morgan fingerprint density at radius 3 is 2.50 bits per heavy atom. The number of carbonyl (C=O) groups is 1. The van der Waals surface area contributed by atoms with Crippen LogP contribution in [0.2, 0.25) is 0 Å². The predicted octanol–water partition coefficient (Wildman–Crippen LogP) is 2.77. The summed E-state index contributed by atoms with van der Waals surface area (Å²) in [6, 6.07) is 9.23. The number of amides is 1. The van der Waals surface area contributed by atoms with E-state index in [1.165, 1.54) is 0 Å². The van der Waals surface area contributed by atoms with Gasteiger partial charge in [0.25, 0.3) is 0 Å². The molecule has 144 valence electrons. The van der Waals surface area contributed by atoms with Crippen molar-refractivity contribution >= 4 is 15.9 Å². The summed E-state index contributed by atoms with van der Waals surface area (Å²) in [6.45, 7) is 1.85. The van der Waals surface area contributed by atoms with E-state index in [-0.39, 0.29) is 24.6 Å². The molecule has 0 spiro atoms. The summed E-state index contributed by atoms with van der Waals surface area (Å²) in [5.74, 6) is 0.0575. The number of benzene rings is 1. The lowest BCUT2D eigenvalue weighted by Crippen LogP contribution is -2.43.